The predicted molar refractivity (Wildman–Crippen MR) is 96.2 cm³/mol. The van der Waals surface area contributed by atoms with Crippen LogP contribution in [0.25, 0.3) is 0 Å². The Morgan fingerprint density at radius 2 is 2.20 bits per heavy atom. The standard InChI is InChI=1S/C19H25N5O/c25-18-5-8-19(14-24(18)11-6-16-12-20-15-22-16)7-3-10-23(13-19)17-4-1-2-9-21-17/h1-2,4,9,12,15H,3,5-8,10-11,13-14H2,(H,20,22). The molecule has 0 bridgehead atoms. The molecule has 0 saturated carbocycles. The van der Waals surface area contributed by atoms with Crippen LogP contribution in [0.5, 0.6) is 0 Å². The smallest absolute Gasteiger partial charge is 0.222 e. The van der Waals surface area contributed by atoms with Crippen molar-refractivity contribution in [2.75, 3.05) is 31.1 Å². The summed E-state index contributed by atoms with van der Waals surface area (Å²) >= 11 is 0. The first kappa shape index (κ1) is 16.1. The van der Waals surface area contributed by atoms with Crippen molar-refractivity contribution in [3.63, 3.8) is 0 Å². The maximum absolute atomic E-state index is 12.4. The monoisotopic (exact) mass is 339 g/mol. The van der Waals surface area contributed by atoms with Gasteiger partial charge in [0.1, 0.15) is 5.82 Å². The van der Waals surface area contributed by atoms with Gasteiger partial charge in [-0.1, -0.05) is 6.07 Å². The van der Waals surface area contributed by atoms with Gasteiger partial charge in [-0.3, -0.25) is 4.79 Å². The third-order valence-corrected chi connectivity index (χ3v) is 5.59. The number of anilines is 1. The number of hydrogen-bond donors (Lipinski definition) is 1. The summed E-state index contributed by atoms with van der Waals surface area (Å²) in [5, 5.41) is 0. The summed E-state index contributed by atoms with van der Waals surface area (Å²) in [6.45, 7) is 3.69. The van der Waals surface area contributed by atoms with Gasteiger partial charge in [0, 0.05) is 62.5 Å². The lowest BCUT2D eigenvalue weighted by Crippen LogP contribution is -2.54. The summed E-state index contributed by atoms with van der Waals surface area (Å²) in [4.78, 5) is 28.6. The van der Waals surface area contributed by atoms with Crippen molar-refractivity contribution in [1.82, 2.24) is 19.9 Å². The minimum absolute atomic E-state index is 0.206. The van der Waals surface area contributed by atoms with Crippen molar-refractivity contribution in [1.29, 1.82) is 0 Å². The Morgan fingerprint density at radius 3 is 3.00 bits per heavy atom. The molecule has 1 spiro atoms. The molecule has 1 atom stereocenters. The number of imidazole rings is 1. The van der Waals surface area contributed by atoms with Crippen LogP contribution in [0.2, 0.25) is 0 Å². The minimum atomic E-state index is 0.206. The lowest BCUT2D eigenvalue weighted by molar-refractivity contribution is -0.137. The first-order chi connectivity index (χ1) is 12.2. The topological polar surface area (TPSA) is 65.1 Å². The molecule has 2 aromatic heterocycles. The summed E-state index contributed by atoms with van der Waals surface area (Å²) in [6, 6.07) is 6.09. The molecule has 0 aromatic carbocycles. The fourth-order valence-corrected chi connectivity index (χ4v) is 4.26. The molecule has 0 aliphatic carbocycles. The second-order valence-electron chi connectivity index (χ2n) is 7.36. The van der Waals surface area contributed by atoms with Crippen molar-refractivity contribution in [2.45, 2.75) is 32.1 Å². The second-order valence-corrected chi connectivity index (χ2v) is 7.36. The molecule has 1 N–H and O–H groups in total. The van der Waals surface area contributed by atoms with Crippen LogP contribution in [0.15, 0.2) is 36.9 Å². The van der Waals surface area contributed by atoms with Crippen molar-refractivity contribution in [3.05, 3.63) is 42.6 Å². The number of carbonyl (C=O) groups is 1. The maximum Gasteiger partial charge on any atom is 0.222 e. The van der Waals surface area contributed by atoms with Crippen LogP contribution in [0.1, 0.15) is 31.4 Å². The molecule has 2 saturated heterocycles. The summed E-state index contributed by atoms with van der Waals surface area (Å²) in [6.07, 6.45) is 10.3. The highest BCUT2D eigenvalue weighted by atomic mass is 16.2. The van der Waals surface area contributed by atoms with E-state index in [1.165, 1.54) is 12.8 Å². The summed E-state index contributed by atoms with van der Waals surface area (Å²) in [5.41, 5.74) is 1.30. The molecule has 6 nitrogen and oxygen atoms in total. The van der Waals surface area contributed by atoms with E-state index in [0.717, 1.165) is 50.5 Å². The molecule has 132 valence electrons. The van der Waals surface area contributed by atoms with Gasteiger partial charge < -0.3 is 14.8 Å². The lowest BCUT2D eigenvalue weighted by atomic mass is 9.73. The van der Waals surface area contributed by atoms with E-state index in [1.54, 1.807) is 6.33 Å². The quantitative estimate of drug-likeness (QED) is 0.928. The van der Waals surface area contributed by atoms with E-state index in [-0.39, 0.29) is 5.41 Å². The molecule has 4 rings (SSSR count). The van der Waals surface area contributed by atoms with E-state index in [2.05, 4.69) is 30.8 Å². The molecule has 4 heterocycles. The van der Waals surface area contributed by atoms with Gasteiger partial charge in [0.05, 0.1) is 6.33 Å². The van der Waals surface area contributed by atoms with E-state index in [4.69, 9.17) is 0 Å². The molecular weight excluding hydrogens is 314 g/mol. The van der Waals surface area contributed by atoms with Gasteiger partial charge in [-0.05, 0) is 31.4 Å². The fraction of sp³-hybridized carbons (Fsp3) is 0.526. The Labute approximate surface area is 148 Å². The number of H-pyrrole nitrogens is 1. The van der Waals surface area contributed by atoms with E-state index in [1.807, 2.05) is 24.5 Å². The zero-order valence-electron chi connectivity index (χ0n) is 14.5. The van der Waals surface area contributed by atoms with Gasteiger partial charge >= 0.3 is 0 Å². The highest BCUT2D eigenvalue weighted by Crippen LogP contribution is 2.39. The van der Waals surface area contributed by atoms with Crippen molar-refractivity contribution >= 4 is 11.7 Å². The van der Waals surface area contributed by atoms with Crippen molar-refractivity contribution in [2.24, 2.45) is 5.41 Å². The molecule has 1 unspecified atom stereocenters. The number of pyridine rings is 1. The summed E-state index contributed by atoms with van der Waals surface area (Å²) in [5.74, 6) is 1.35. The van der Waals surface area contributed by atoms with Crippen LogP contribution in [0.3, 0.4) is 0 Å². The van der Waals surface area contributed by atoms with Gasteiger partial charge in [-0.2, -0.15) is 0 Å². The van der Waals surface area contributed by atoms with Gasteiger partial charge in [-0.15, -0.1) is 0 Å². The number of piperidine rings is 2. The highest BCUT2D eigenvalue weighted by molar-refractivity contribution is 5.77. The number of likely N-dealkylation sites (tertiary alicyclic amines) is 1. The average Bonchev–Trinajstić information content (AvgIpc) is 3.17. The Hall–Kier alpha value is -2.37. The molecule has 2 aliphatic heterocycles. The van der Waals surface area contributed by atoms with E-state index < -0.39 is 0 Å². The zero-order valence-corrected chi connectivity index (χ0v) is 14.5. The van der Waals surface area contributed by atoms with Crippen LogP contribution in [-0.4, -0.2) is 51.9 Å². The lowest BCUT2D eigenvalue weighted by Gasteiger charge is -2.48. The van der Waals surface area contributed by atoms with Crippen LogP contribution in [0.4, 0.5) is 5.82 Å². The third kappa shape index (κ3) is 3.52. The van der Waals surface area contributed by atoms with Crippen LogP contribution < -0.4 is 4.90 Å². The molecule has 0 radical (unpaired) electrons. The van der Waals surface area contributed by atoms with Gasteiger partial charge in [-0.25, -0.2) is 9.97 Å². The summed E-state index contributed by atoms with van der Waals surface area (Å²) < 4.78 is 0. The molecule has 1 amide bonds. The molecule has 2 fully saturated rings. The second kappa shape index (κ2) is 6.86. The number of nitrogens with zero attached hydrogens (tertiary/aromatic N) is 4. The Bertz CT molecular complexity index is 702. The van der Waals surface area contributed by atoms with Crippen LogP contribution >= 0.6 is 0 Å². The first-order valence-electron chi connectivity index (χ1n) is 9.15. The molecule has 25 heavy (non-hydrogen) atoms. The average molecular weight is 339 g/mol. The number of amides is 1. The van der Waals surface area contributed by atoms with Crippen molar-refractivity contribution in [3.8, 4) is 0 Å². The first-order valence-corrected chi connectivity index (χ1v) is 9.15. The van der Waals surface area contributed by atoms with Gasteiger partial charge in [0.25, 0.3) is 0 Å². The third-order valence-electron chi connectivity index (χ3n) is 5.59. The van der Waals surface area contributed by atoms with E-state index >= 15 is 0 Å². The minimum Gasteiger partial charge on any atom is -0.356 e. The van der Waals surface area contributed by atoms with Gasteiger partial charge in [0.2, 0.25) is 5.91 Å². The number of aromatic nitrogens is 3. The molecular formula is C19H25N5O. The normalized spacial score (nSPS) is 24.1. The largest absolute Gasteiger partial charge is 0.356 e. The Kier molecular flexibility index (Phi) is 4.42. The highest BCUT2D eigenvalue weighted by Gasteiger charge is 2.41. The number of carbonyl (C=O) groups excluding carboxylic acids is 1. The van der Waals surface area contributed by atoms with E-state index in [0.29, 0.717) is 12.3 Å². The Balaban J connectivity index is 1.44. The number of nitrogens with one attached hydrogen (secondary N) is 1. The maximum atomic E-state index is 12.4. The number of rotatable bonds is 4. The van der Waals surface area contributed by atoms with Crippen LogP contribution in [-0.2, 0) is 11.2 Å². The fourth-order valence-electron chi connectivity index (χ4n) is 4.26. The number of hydrogen-bond acceptors (Lipinski definition) is 4. The summed E-state index contributed by atoms with van der Waals surface area (Å²) in [7, 11) is 0. The molecule has 2 aliphatic rings. The SMILES string of the molecule is O=C1CCC2(CCCN(c3ccccn3)C2)CN1CCc1cnc[nH]1. The molecule has 2 aromatic rings. The molecule has 6 heteroatoms. The Morgan fingerprint density at radius 1 is 1.24 bits per heavy atom. The van der Waals surface area contributed by atoms with Crippen molar-refractivity contribution < 1.29 is 4.79 Å². The van der Waals surface area contributed by atoms with Gasteiger partial charge in [0.15, 0.2) is 0 Å². The van der Waals surface area contributed by atoms with Crippen LogP contribution in [0, 0.1) is 5.41 Å². The number of aromatic amines is 1. The zero-order chi connectivity index (χ0) is 17.1. The predicted octanol–water partition coefficient (Wildman–Crippen LogP) is 2.26. The van der Waals surface area contributed by atoms with E-state index in [9.17, 15) is 4.79 Å².